The van der Waals surface area contributed by atoms with Crippen LogP contribution in [0.1, 0.15) is 44.2 Å². The molecule has 1 saturated carbocycles. The van der Waals surface area contributed by atoms with E-state index in [-0.39, 0.29) is 0 Å². The number of nitrogens with zero attached hydrogens (tertiary/aromatic N) is 2. The number of fused-ring (bicyclic) bond motifs is 1. The van der Waals surface area contributed by atoms with Crippen LogP contribution in [0.5, 0.6) is 0 Å². The summed E-state index contributed by atoms with van der Waals surface area (Å²) >= 11 is 0. The van der Waals surface area contributed by atoms with Gasteiger partial charge in [0, 0.05) is 25.3 Å². The number of rotatable bonds is 2. The molecule has 3 heteroatoms. The molecule has 1 aliphatic heterocycles. The molecule has 98 valence electrons. The van der Waals surface area contributed by atoms with Crippen LogP contribution in [0.2, 0.25) is 0 Å². The summed E-state index contributed by atoms with van der Waals surface area (Å²) in [4.78, 5) is 7.04. The van der Waals surface area contributed by atoms with Gasteiger partial charge in [-0.3, -0.25) is 4.98 Å². The van der Waals surface area contributed by atoms with Crippen LogP contribution < -0.4 is 10.6 Å². The molecule has 1 aromatic heterocycles. The smallest absolute Gasteiger partial charge is 0.0772 e. The highest BCUT2D eigenvalue weighted by Crippen LogP contribution is 2.38. The number of nitrogens with two attached hydrogens (primary N) is 1. The van der Waals surface area contributed by atoms with Crippen LogP contribution in [0.4, 0.5) is 5.69 Å². The Balaban J connectivity index is 1.89. The van der Waals surface area contributed by atoms with Crippen molar-refractivity contribution in [3.05, 3.63) is 24.0 Å². The molecule has 3 rings (SSSR count). The van der Waals surface area contributed by atoms with E-state index in [1.165, 1.54) is 50.8 Å². The maximum Gasteiger partial charge on any atom is 0.0772 e. The van der Waals surface area contributed by atoms with Gasteiger partial charge in [0.2, 0.25) is 0 Å². The largest absolute Gasteiger partial charge is 0.367 e. The Morgan fingerprint density at radius 3 is 2.94 bits per heavy atom. The quantitative estimate of drug-likeness (QED) is 0.871. The molecule has 0 spiro atoms. The SMILES string of the molecule is NCc1ncccc1N1CCC[C@H]2CCCC[C@H]21. The standard InChI is InChI=1S/C15H23N3/c16-11-13-15(8-3-9-17-13)18-10-4-6-12-5-1-2-7-14(12)18/h3,8-9,12,14H,1-2,4-7,10-11,16H2/t12-,14-/m1/s1. The fraction of sp³-hybridized carbons (Fsp3) is 0.667. The van der Waals surface area contributed by atoms with Gasteiger partial charge in [-0.2, -0.15) is 0 Å². The van der Waals surface area contributed by atoms with Crippen molar-refractivity contribution >= 4 is 5.69 Å². The number of pyridine rings is 1. The van der Waals surface area contributed by atoms with Crippen LogP contribution in [-0.4, -0.2) is 17.6 Å². The second kappa shape index (κ2) is 5.27. The summed E-state index contributed by atoms with van der Waals surface area (Å²) in [5, 5.41) is 0. The molecule has 0 bridgehead atoms. The Bertz CT molecular complexity index is 402. The normalized spacial score (nSPS) is 27.9. The Labute approximate surface area is 109 Å². The molecule has 1 aliphatic carbocycles. The van der Waals surface area contributed by atoms with Crippen LogP contribution in [-0.2, 0) is 6.54 Å². The number of piperidine rings is 1. The Hall–Kier alpha value is -1.09. The lowest BCUT2D eigenvalue weighted by Gasteiger charge is -2.45. The fourth-order valence-electron chi connectivity index (χ4n) is 3.77. The van der Waals surface area contributed by atoms with Crippen molar-refractivity contribution in [2.24, 2.45) is 11.7 Å². The number of aromatic nitrogens is 1. The summed E-state index contributed by atoms with van der Waals surface area (Å²) in [6.07, 6.45) is 10.2. The summed E-state index contributed by atoms with van der Waals surface area (Å²) < 4.78 is 0. The van der Waals surface area contributed by atoms with E-state index in [1.807, 2.05) is 12.3 Å². The maximum atomic E-state index is 5.84. The molecular weight excluding hydrogens is 222 g/mol. The van der Waals surface area contributed by atoms with Crippen LogP contribution >= 0.6 is 0 Å². The molecule has 0 aromatic carbocycles. The molecule has 2 heterocycles. The van der Waals surface area contributed by atoms with E-state index in [1.54, 1.807) is 0 Å². The third kappa shape index (κ3) is 2.12. The van der Waals surface area contributed by atoms with E-state index in [9.17, 15) is 0 Å². The molecule has 18 heavy (non-hydrogen) atoms. The first-order chi connectivity index (χ1) is 8.90. The summed E-state index contributed by atoms with van der Waals surface area (Å²) in [5.74, 6) is 0.901. The van der Waals surface area contributed by atoms with Gasteiger partial charge < -0.3 is 10.6 Å². The monoisotopic (exact) mass is 245 g/mol. The van der Waals surface area contributed by atoms with E-state index in [0.717, 1.165) is 17.7 Å². The minimum Gasteiger partial charge on any atom is -0.367 e. The van der Waals surface area contributed by atoms with E-state index in [4.69, 9.17) is 5.73 Å². The third-order valence-electron chi connectivity index (χ3n) is 4.61. The summed E-state index contributed by atoms with van der Waals surface area (Å²) in [6, 6.07) is 4.98. The van der Waals surface area contributed by atoms with Crippen molar-refractivity contribution in [3.8, 4) is 0 Å². The van der Waals surface area contributed by atoms with Gasteiger partial charge in [-0.25, -0.2) is 0 Å². The zero-order valence-electron chi connectivity index (χ0n) is 11.0. The van der Waals surface area contributed by atoms with Crippen molar-refractivity contribution in [1.82, 2.24) is 4.98 Å². The molecule has 3 nitrogen and oxygen atoms in total. The lowest BCUT2D eigenvalue weighted by Crippen LogP contribution is -2.47. The lowest BCUT2D eigenvalue weighted by molar-refractivity contribution is 0.243. The van der Waals surface area contributed by atoms with E-state index in [2.05, 4.69) is 16.0 Å². The molecule has 0 amide bonds. The van der Waals surface area contributed by atoms with Crippen molar-refractivity contribution in [2.75, 3.05) is 11.4 Å². The van der Waals surface area contributed by atoms with Gasteiger partial charge in [0.05, 0.1) is 11.4 Å². The minimum atomic E-state index is 0.546. The molecular formula is C15H23N3. The Morgan fingerprint density at radius 1 is 1.22 bits per heavy atom. The maximum absolute atomic E-state index is 5.84. The lowest BCUT2D eigenvalue weighted by atomic mass is 9.78. The zero-order chi connectivity index (χ0) is 12.4. The fourth-order valence-corrected chi connectivity index (χ4v) is 3.77. The summed E-state index contributed by atoms with van der Waals surface area (Å²) in [7, 11) is 0. The van der Waals surface area contributed by atoms with Gasteiger partial charge in [-0.15, -0.1) is 0 Å². The average molecular weight is 245 g/mol. The molecule has 2 N–H and O–H groups in total. The molecule has 1 saturated heterocycles. The van der Waals surface area contributed by atoms with Crippen molar-refractivity contribution < 1.29 is 0 Å². The minimum absolute atomic E-state index is 0.546. The molecule has 0 unspecified atom stereocenters. The summed E-state index contributed by atoms with van der Waals surface area (Å²) in [6.45, 7) is 1.73. The highest BCUT2D eigenvalue weighted by Gasteiger charge is 2.33. The van der Waals surface area contributed by atoms with Gasteiger partial charge in [0.25, 0.3) is 0 Å². The van der Waals surface area contributed by atoms with Gasteiger partial charge in [-0.1, -0.05) is 12.8 Å². The molecule has 2 atom stereocenters. The van der Waals surface area contributed by atoms with Crippen LogP contribution in [0, 0.1) is 5.92 Å². The highest BCUT2D eigenvalue weighted by molar-refractivity contribution is 5.52. The highest BCUT2D eigenvalue weighted by atomic mass is 15.2. The van der Waals surface area contributed by atoms with Gasteiger partial charge in [-0.05, 0) is 43.7 Å². The predicted octanol–water partition coefficient (Wildman–Crippen LogP) is 2.70. The molecule has 2 aliphatic rings. The van der Waals surface area contributed by atoms with Crippen molar-refractivity contribution in [1.29, 1.82) is 0 Å². The van der Waals surface area contributed by atoms with E-state index < -0.39 is 0 Å². The predicted molar refractivity (Wildman–Crippen MR) is 74.5 cm³/mol. The van der Waals surface area contributed by atoms with E-state index >= 15 is 0 Å². The first-order valence-electron chi connectivity index (χ1n) is 7.31. The van der Waals surface area contributed by atoms with Gasteiger partial charge in [0.1, 0.15) is 0 Å². The van der Waals surface area contributed by atoms with Crippen LogP contribution in [0.15, 0.2) is 18.3 Å². The van der Waals surface area contributed by atoms with Crippen molar-refractivity contribution in [3.63, 3.8) is 0 Å². The first kappa shape index (κ1) is 12.0. The molecule has 0 radical (unpaired) electrons. The number of hydrogen-bond acceptors (Lipinski definition) is 3. The zero-order valence-corrected chi connectivity index (χ0v) is 11.0. The Morgan fingerprint density at radius 2 is 2.06 bits per heavy atom. The second-order valence-electron chi connectivity index (χ2n) is 5.62. The van der Waals surface area contributed by atoms with Crippen molar-refractivity contribution in [2.45, 2.75) is 51.1 Å². The summed E-state index contributed by atoms with van der Waals surface area (Å²) in [5.41, 5.74) is 8.18. The topological polar surface area (TPSA) is 42.1 Å². The number of hydrogen-bond donors (Lipinski definition) is 1. The Kier molecular flexibility index (Phi) is 3.50. The average Bonchev–Trinajstić information content (AvgIpc) is 2.46. The van der Waals surface area contributed by atoms with Gasteiger partial charge >= 0.3 is 0 Å². The molecule has 2 fully saturated rings. The van der Waals surface area contributed by atoms with E-state index in [0.29, 0.717) is 6.54 Å². The third-order valence-corrected chi connectivity index (χ3v) is 4.61. The van der Waals surface area contributed by atoms with Crippen LogP contribution in [0.3, 0.4) is 0 Å². The second-order valence-corrected chi connectivity index (χ2v) is 5.62. The van der Waals surface area contributed by atoms with Crippen LogP contribution in [0.25, 0.3) is 0 Å². The number of anilines is 1. The molecule has 1 aromatic rings. The van der Waals surface area contributed by atoms with Gasteiger partial charge in [0.15, 0.2) is 0 Å². The first-order valence-corrected chi connectivity index (χ1v) is 7.31.